The number of carbonyl (C=O) groups is 4. The van der Waals surface area contributed by atoms with Crippen molar-refractivity contribution in [2.45, 2.75) is 12.1 Å². The topological polar surface area (TPSA) is 84.0 Å². The molecule has 0 aliphatic carbocycles. The van der Waals surface area contributed by atoms with Crippen LogP contribution in [0.3, 0.4) is 0 Å². The van der Waals surface area contributed by atoms with Gasteiger partial charge in [-0.3, -0.25) is 14.4 Å². The Hall–Kier alpha value is -5.37. The number of para-hydroxylation sites is 2. The van der Waals surface area contributed by atoms with Gasteiger partial charge in [-0.05, 0) is 48.0 Å². The van der Waals surface area contributed by atoms with Crippen molar-refractivity contribution in [3.8, 4) is 5.75 Å². The highest BCUT2D eigenvalue weighted by molar-refractivity contribution is 6.24. The molecule has 0 unspecified atom stereocenters. The summed E-state index contributed by atoms with van der Waals surface area (Å²) in [6, 6.07) is 26.3. The molecular weight excluding hydrogens is 535 g/mol. The highest BCUT2D eigenvalue weighted by atomic mass is 19.1. The minimum absolute atomic E-state index is 0.139. The highest BCUT2D eigenvalue weighted by Gasteiger charge is 2.65. The lowest BCUT2D eigenvalue weighted by Crippen LogP contribution is -2.50. The third-order valence-electron chi connectivity index (χ3n) is 8.12. The number of amides is 2. The normalized spacial score (nSPS) is 22.0. The molecule has 2 fully saturated rings. The summed E-state index contributed by atoms with van der Waals surface area (Å²) >= 11 is 0. The van der Waals surface area contributed by atoms with Gasteiger partial charge in [0.15, 0.2) is 5.78 Å². The fraction of sp³-hybridized carbons (Fsp3) is 0.118. The lowest BCUT2D eigenvalue weighted by atomic mass is 9.89. The molecule has 2 saturated heterocycles. The Morgan fingerprint density at radius 2 is 1.31 bits per heavy atom. The first-order valence-corrected chi connectivity index (χ1v) is 13.5. The summed E-state index contributed by atoms with van der Waals surface area (Å²) in [6.07, 6.45) is 3.68. The quantitative estimate of drug-likeness (QED) is 0.148. The van der Waals surface area contributed by atoms with E-state index in [1.165, 1.54) is 30.3 Å². The third-order valence-corrected chi connectivity index (χ3v) is 8.12. The third kappa shape index (κ3) is 3.95. The molecule has 3 heterocycles. The number of ether oxygens (including phenoxy) is 1. The summed E-state index contributed by atoms with van der Waals surface area (Å²) in [5.74, 6) is -4.63. The van der Waals surface area contributed by atoms with E-state index in [0.29, 0.717) is 16.8 Å². The molecule has 4 aromatic carbocycles. The second-order valence-electron chi connectivity index (χ2n) is 10.4. The predicted octanol–water partition coefficient (Wildman–Crippen LogP) is 5.05. The molecule has 4 aromatic rings. The molecule has 2 amide bonds. The molecule has 7 rings (SSSR count). The van der Waals surface area contributed by atoms with Crippen LogP contribution in [0.2, 0.25) is 0 Å². The second kappa shape index (κ2) is 9.92. The smallest absolute Gasteiger partial charge is 0.335 e. The highest BCUT2D eigenvalue weighted by Crippen LogP contribution is 2.49. The van der Waals surface area contributed by atoms with Crippen molar-refractivity contribution in [2.75, 3.05) is 9.80 Å². The molecule has 4 atom stereocenters. The van der Waals surface area contributed by atoms with Gasteiger partial charge in [-0.25, -0.2) is 14.1 Å². The average Bonchev–Trinajstić information content (AvgIpc) is 3.50. The molecule has 0 N–H and O–H groups in total. The van der Waals surface area contributed by atoms with Crippen LogP contribution in [0.4, 0.5) is 15.8 Å². The van der Waals surface area contributed by atoms with E-state index in [4.69, 9.17) is 4.74 Å². The molecule has 0 saturated carbocycles. The number of carbonyl (C=O) groups excluding carboxylic acids is 4. The van der Waals surface area contributed by atoms with Crippen LogP contribution in [-0.4, -0.2) is 35.7 Å². The number of fused-ring (bicyclic) bond motifs is 5. The summed E-state index contributed by atoms with van der Waals surface area (Å²) in [7, 11) is 0. The number of benzene rings is 4. The first kappa shape index (κ1) is 25.6. The standard InChI is InChI=1S/C34H23FN2O5/c35-24-11-5-7-13-26(24)37-32(39)28-27-19-16-20-8-4-6-12-25(20)36(27)30(29(28)33(37)40)34(41)42-23-17-14-22(15-18-23)31(38)21-9-2-1-3-10-21/h1-19,27-30H/t27-,28-,29-,30+/m1/s1. The summed E-state index contributed by atoms with van der Waals surface area (Å²) in [5.41, 5.74) is 2.35. The molecule has 0 radical (unpaired) electrons. The number of esters is 1. The van der Waals surface area contributed by atoms with Crippen LogP contribution in [0.15, 0.2) is 109 Å². The number of nitrogens with zero attached hydrogens (tertiary/aromatic N) is 2. The largest absolute Gasteiger partial charge is 0.425 e. The Morgan fingerprint density at radius 1 is 0.690 bits per heavy atom. The number of halogens is 1. The molecule has 7 nitrogen and oxygen atoms in total. The minimum Gasteiger partial charge on any atom is -0.425 e. The SMILES string of the molecule is O=C(c1ccccc1)c1ccc(OC(=O)[C@@H]2[C@@H]3C(=O)N(c4ccccc4F)C(=O)[C@@H]3[C@H]3C=Cc4ccccc4N32)cc1. The lowest BCUT2D eigenvalue weighted by molar-refractivity contribution is -0.139. The van der Waals surface area contributed by atoms with E-state index in [1.54, 1.807) is 47.4 Å². The van der Waals surface area contributed by atoms with E-state index in [2.05, 4.69) is 0 Å². The molecule has 206 valence electrons. The number of imide groups is 1. The van der Waals surface area contributed by atoms with Gasteiger partial charge in [0.25, 0.3) is 0 Å². The van der Waals surface area contributed by atoms with Crippen LogP contribution in [0.1, 0.15) is 21.5 Å². The van der Waals surface area contributed by atoms with E-state index < -0.39 is 47.5 Å². The number of hydrogen-bond acceptors (Lipinski definition) is 6. The van der Waals surface area contributed by atoms with E-state index >= 15 is 0 Å². The van der Waals surface area contributed by atoms with Gasteiger partial charge in [0.2, 0.25) is 11.8 Å². The van der Waals surface area contributed by atoms with E-state index in [-0.39, 0.29) is 17.2 Å². The molecule has 42 heavy (non-hydrogen) atoms. The van der Waals surface area contributed by atoms with Crippen LogP contribution in [0.25, 0.3) is 6.08 Å². The predicted molar refractivity (Wildman–Crippen MR) is 153 cm³/mol. The van der Waals surface area contributed by atoms with Crippen molar-refractivity contribution >= 4 is 41.0 Å². The zero-order valence-electron chi connectivity index (χ0n) is 22.1. The molecule has 0 bridgehead atoms. The Bertz CT molecular complexity index is 1790. The number of anilines is 2. The van der Waals surface area contributed by atoms with Crippen molar-refractivity contribution in [2.24, 2.45) is 11.8 Å². The maximum absolute atomic E-state index is 14.7. The van der Waals surface area contributed by atoms with Crippen molar-refractivity contribution in [1.29, 1.82) is 0 Å². The van der Waals surface area contributed by atoms with Crippen LogP contribution in [-0.2, 0) is 14.4 Å². The number of rotatable bonds is 5. The van der Waals surface area contributed by atoms with Crippen molar-refractivity contribution in [3.63, 3.8) is 0 Å². The minimum atomic E-state index is -1.15. The van der Waals surface area contributed by atoms with Crippen molar-refractivity contribution < 1.29 is 28.3 Å². The second-order valence-corrected chi connectivity index (χ2v) is 10.4. The summed E-state index contributed by atoms with van der Waals surface area (Å²) in [4.78, 5) is 57.0. The molecule has 3 aliphatic heterocycles. The first-order chi connectivity index (χ1) is 20.4. The van der Waals surface area contributed by atoms with Gasteiger partial charge in [-0.1, -0.05) is 72.8 Å². The molecule has 3 aliphatic rings. The van der Waals surface area contributed by atoms with Gasteiger partial charge in [-0.2, -0.15) is 0 Å². The molecule has 0 aromatic heterocycles. The Morgan fingerprint density at radius 3 is 2.05 bits per heavy atom. The van der Waals surface area contributed by atoms with Gasteiger partial charge >= 0.3 is 5.97 Å². The van der Waals surface area contributed by atoms with Crippen LogP contribution < -0.4 is 14.5 Å². The van der Waals surface area contributed by atoms with E-state index in [1.807, 2.05) is 42.5 Å². The Balaban J connectivity index is 1.23. The maximum atomic E-state index is 14.7. The van der Waals surface area contributed by atoms with Gasteiger partial charge in [-0.15, -0.1) is 0 Å². The summed E-state index contributed by atoms with van der Waals surface area (Å²) < 4.78 is 20.5. The van der Waals surface area contributed by atoms with E-state index in [9.17, 15) is 23.6 Å². The van der Waals surface area contributed by atoms with Crippen LogP contribution in [0, 0.1) is 17.7 Å². The molecule has 8 heteroatoms. The monoisotopic (exact) mass is 558 g/mol. The average molecular weight is 559 g/mol. The van der Waals surface area contributed by atoms with Crippen LogP contribution >= 0.6 is 0 Å². The van der Waals surface area contributed by atoms with Gasteiger partial charge in [0.05, 0.1) is 23.6 Å². The summed E-state index contributed by atoms with van der Waals surface area (Å²) in [5, 5.41) is 0. The summed E-state index contributed by atoms with van der Waals surface area (Å²) in [6.45, 7) is 0. The molecular formula is C34H23FN2O5. The lowest BCUT2D eigenvalue weighted by Gasteiger charge is -2.36. The van der Waals surface area contributed by atoms with E-state index in [0.717, 1.165) is 10.5 Å². The van der Waals surface area contributed by atoms with Gasteiger partial charge in [0, 0.05) is 16.8 Å². The van der Waals surface area contributed by atoms with Crippen molar-refractivity contribution in [1.82, 2.24) is 0 Å². The zero-order valence-corrected chi connectivity index (χ0v) is 22.1. The fourth-order valence-electron chi connectivity index (χ4n) is 6.26. The van der Waals surface area contributed by atoms with Crippen molar-refractivity contribution in [3.05, 3.63) is 132 Å². The van der Waals surface area contributed by atoms with Gasteiger partial charge < -0.3 is 9.64 Å². The van der Waals surface area contributed by atoms with Crippen LogP contribution in [0.5, 0.6) is 5.75 Å². The first-order valence-electron chi connectivity index (χ1n) is 13.5. The zero-order chi connectivity index (χ0) is 29.0. The molecule has 0 spiro atoms. The van der Waals surface area contributed by atoms with Gasteiger partial charge in [0.1, 0.15) is 17.6 Å². The number of hydrogen-bond donors (Lipinski definition) is 0. The fourth-order valence-corrected chi connectivity index (χ4v) is 6.26. The Labute approximate surface area is 240 Å². The number of ketones is 1. The maximum Gasteiger partial charge on any atom is 0.335 e. The Kier molecular flexibility index (Phi) is 6.04.